The lowest BCUT2D eigenvalue weighted by atomic mass is 10.3. The lowest BCUT2D eigenvalue weighted by Crippen LogP contribution is -2.12. The summed E-state index contributed by atoms with van der Waals surface area (Å²) in [5.74, 6) is -0.854. The van der Waals surface area contributed by atoms with Gasteiger partial charge in [-0.2, -0.15) is 0 Å². The summed E-state index contributed by atoms with van der Waals surface area (Å²) < 4.78 is 23.8. The highest BCUT2D eigenvalue weighted by Gasteiger charge is 2.13. The largest absolute Gasteiger partial charge is 0.349 e. The van der Waals surface area contributed by atoms with E-state index in [2.05, 4.69) is 5.32 Å². The molecule has 0 aromatic carbocycles. The first-order valence-corrected chi connectivity index (χ1v) is 2.12. The molecule has 0 saturated heterocycles. The fraction of sp³-hybridized carbons (Fsp3) is 0. The number of dihydropyridines is 1. The van der Waals surface area contributed by atoms with Gasteiger partial charge in [0.2, 0.25) is 0 Å². The summed E-state index contributed by atoms with van der Waals surface area (Å²) in [4.78, 5) is 0. The Morgan fingerprint density at radius 2 is 2.12 bits per heavy atom. The molecule has 0 bridgehead atoms. The summed E-state index contributed by atoms with van der Waals surface area (Å²) in [5, 5.41) is 2.06. The Labute approximate surface area is 45.7 Å². The Hall–Kier alpha value is -0.860. The van der Waals surface area contributed by atoms with E-state index in [1.807, 2.05) is 0 Å². The van der Waals surface area contributed by atoms with Crippen molar-refractivity contribution in [3.63, 3.8) is 0 Å². The maximum Gasteiger partial charge on any atom is 0.291 e. The maximum atomic E-state index is 11.9. The van der Waals surface area contributed by atoms with Gasteiger partial charge < -0.3 is 5.32 Å². The predicted octanol–water partition coefficient (Wildman–Crippen LogP) is 1.42. The van der Waals surface area contributed by atoms with Crippen LogP contribution < -0.4 is 5.32 Å². The summed E-state index contributed by atoms with van der Waals surface area (Å²) >= 11 is 0. The zero-order valence-electron chi connectivity index (χ0n) is 3.99. The Balaban J connectivity index is 2.66. The zero-order chi connectivity index (χ0) is 5.98. The number of halogens is 2. The van der Waals surface area contributed by atoms with Crippen molar-refractivity contribution in [1.82, 2.24) is 5.32 Å². The maximum absolute atomic E-state index is 11.9. The van der Waals surface area contributed by atoms with Crippen LogP contribution in [0.4, 0.5) is 8.78 Å². The van der Waals surface area contributed by atoms with E-state index < -0.39 is 12.1 Å². The molecular formula is C5H4F2N. The van der Waals surface area contributed by atoms with Crippen molar-refractivity contribution < 1.29 is 8.78 Å². The molecule has 0 fully saturated rings. The van der Waals surface area contributed by atoms with Crippen LogP contribution in [0.1, 0.15) is 0 Å². The van der Waals surface area contributed by atoms with Crippen LogP contribution in [0.2, 0.25) is 0 Å². The molecule has 0 aromatic heterocycles. The van der Waals surface area contributed by atoms with E-state index in [-0.39, 0.29) is 0 Å². The molecule has 0 aromatic rings. The molecule has 0 unspecified atom stereocenters. The van der Waals surface area contributed by atoms with Crippen LogP contribution in [0, 0.1) is 6.30 Å². The average molecular weight is 116 g/mol. The van der Waals surface area contributed by atoms with Gasteiger partial charge in [-0.05, 0) is 18.4 Å². The molecule has 43 valence electrons. The van der Waals surface area contributed by atoms with E-state index in [0.29, 0.717) is 0 Å². The molecule has 1 aliphatic rings. The smallest absolute Gasteiger partial charge is 0.291 e. The van der Waals surface area contributed by atoms with Crippen LogP contribution in [-0.4, -0.2) is 0 Å². The van der Waals surface area contributed by atoms with Gasteiger partial charge in [-0.1, -0.05) is 0 Å². The standard InChI is InChI=1S/C5H4F2N/c6-4-2-1-3-8-5(4)7/h1-3,8H. The first kappa shape index (κ1) is 5.28. The van der Waals surface area contributed by atoms with Gasteiger partial charge in [-0.25, -0.2) is 8.78 Å². The third-order valence-electron chi connectivity index (χ3n) is 0.759. The monoisotopic (exact) mass is 116 g/mol. The molecule has 0 aliphatic carbocycles. The third-order valence-corrected chi connectivity index (χ3v) is 0.759. The lowest BCUT2D eigenvalue weighted by molar-refractivity contribution is 0.412. The topological polar surface area (TPSA) is 12.0 Å². The van der Waals surface area contributed by atoms with Gasteiger partial charge in [0.05, 0.1) is 0 Å². The molecule has 1 aliphatic heterocycles. The van der Waals surface area contributed by atoms with Crippen LogP contribution in [-0.2, 0) is 0 Å². The second kappa shape index (κ2) is 1.94. The summed E-state index contributed by atoms with van der Waals surface area (Å²) in [5.41, 5.74) is 0. The minimum Gasteiger partial charge on any atom is -0.349 e. The van der Waals surface area contributed by atoms with Gasteiger partial charge in [0.15, 0.2) is 5.83 Å². The molecule has 1 N–H and O–H groups in total. The van der Waals surface area contributed by atoms with Crippen molar-refractivity contribution >= 4 is 0 Å². The number of allylic oxidation sites excluding steroid dienone is 2. The number of hydrogen-bond donors (Lipinski definition) is 1. The van der Waals surface area contributed by atoms with E-state index in [9.17, 15) is 8.78 Å². The average Bonchev–Trinajstić information content (AvgIpc) is 1.77. The van der Waals surface area contributed by atoms with E-state index in [1.165, 1.54) is 12.3 Å². The van der Waals surface area contributed by atoms with Crippen molar-refractivity contribution in [2.75, 3.05) is 0 Å². The van der Waals surface area contributed by atoms with Gasteiger partial charge in [-0.15, -0.1) is 0 Å². The van der Waals surface area contributed by atoms with Crippen LogP contribution in [0.25, 0.3) is 0 Å². The Kier molecular flexibility index (Phi) is 1.28. The molecule has 0 saturated carbocycles. The molecule has 0 amide bonds. The van der Waals surface area contributed by atoms with E-state index in [1.54, 1.807) is 0 Å². The van der Waals surface area contributed by atoms with Crippen molar-refractivity contribution in [2.24, 2.45) is 0 Å². The Bertz CT molecular complexity index is 139. The Morgan fingerprint density at radius 1 is 1.38 bits per heavy atom. The third kappa shape index (κ3) is 0.857. The summed E-state index contributed by atoms with van der Waals surface area (Å²) in [7, 11) is 0. The Morgan fingerprint density at radius 3 is 2.50 bits per heavy atom. The molecule has 8 heavy (non-hydrogen) atoms. The molecule has 0 spiro atoms. The van der Waals surface area contributed by atoms with Gasteiger partial charge in [0.1, 0.15) is 0 Å². The van der Waals surface area contributed by atoms with Crippen molar-refractivity contribution in [3.05, 3.63) is 30.5 Å². The molecule has 1 radical (unpaired) electrons. The molecule has 3 heteroatoms. The highest BCUT2D eigenvalue weighted by molar-refractivity contribution is 5.22. The number of rotatable bonds is 0. The second-order valence-electron chi connectivity index (χ2n) is 1.33. The molecule has 1 rings (SSSR count). The van der Waals surface area contributed by atoms with Gasteiger partial charge >= 0.3 is 0 Å². The molecular weight excluding hydrogens is 112 g/mol. The SMILES string of the molecule is F[C]1NC=CC=C1F. The summed E-state index contributed by atoms with van der Waals surface area (Å²) in [6.07, 6.45) is 2.83. The minimum absolute atomic E-state index is 0.854. The van der Waals surface area contributed by atoms with Gasteiger partial charge in [0, 0.05) is 0 Å². The number of nitrogens with one attached hydrogen (secondary N) is 1. The fourth-order valence-electron chi connectivity index (χ4n) is 0.396. The predicted molar refractivity (Wildman–Crippen MR) is 25.8 cm³/mol. The van der Waals surface area contributed by atoms with Crippen LogP contribution in [0.5, 0.6) is 0 Å². The van der Waals surface area contributed by atoms with Crippen molar-refractivity contribution in [3.8, 4) is 0 Å². The van der Waals surface area contributed by atoms with Crippen LogP contribution in [0.3, 0.4) is 0 Å². The lowest BCUT2D eigenvalue weighted by Gasteiger charge is -2.05. The zero-order valence-corrected chi connectivity index (χ0v) is 3.99. The van der Waals surface area contributed by atoms with Crippen LogP contribution >= 0.6 is 0 Å². The van der Waals surface area contributed by atoms with Crippen molar-refractivity contribution in [1.29, 1.82) is 0 Å². The second-order valence-corrected chi connectivity index (χ2v) is 1.33. The van der Waals surface area contributed by atoms with Gasteiger partial charge in [0.25, 0.3) is 6.30 Å². The van der Waals surface area contributed by atoms with E-state index >= 15 is 0 Å². The van der Waals surface area contributed by atoms with E-state index in [4.69, 9.17) is 0 Å². The van der Waals surface area contributed by atoms with E-state index in [0.717, 1.165) is 6.08 Å². The highest BCUT2D eigenvalue weighted by atomic mass is 19.2. The molecule has 1 heterocycles. The highest BCUT2D eigenvalue weighted by Crippen LogP contribution is 2.15. The normalized spacial score (nSPS) is 20.0. The first-order valence-electron chi connectivity index (χ1n) is 2.12. The number of hydrogen-bond acceptors (Lipinski definition) is 1. The molecule has 1 nitrogen and oxygen atoms in total. The first-order chi connectivity index (χ1) is 3.80. The fourth-order valence-corrected chi connectivity index (χ4v) is 0.396. The minimum atomic E-state index is -0.924. The summed E-state index contributed by atoms with van der Waals surface area (Å²) in [6, 6.07) is 0. The molecule has 0 atom stereocenters. The quantitative estimate of drug-likeness (QED) is 0.472. The van der Waals surface area contributed by atoms with Crippen LogP contribution in [0.15, 0.2) is 24.2 Å². The summed E-state index contributed by atoms with van der Waals surface area (Å²) in [6.45, 7) is 0. The van der Waals surface area contributed by atoms with Crippen molar-refractivity contribution in [2.45, 2.75) is 0 Å². The van der Waals surface area contributed by atoms with Gasteiger partial charge in [-0.3, -0.25) is 0 Å².